The van der Waals surface area contributed by atoms with Crippen LogP contribution in [-0.4, -0.2) is 70.6 Å². The van der Waals surface area contributed by atoms with Crippen LogP contribution in [0.1, 0.15) is 60.9 Å². The number of carbonyl (C=O) groups is 1. The van der Waals surface area contributed by atoms with Gasteiger partial charge in [-0.3, -0.25) is 14.6 Å². The summed E-state index contributed by atoms with van der Waals surface area (Å²) in [6.45, 7) is 1.16. The molecule has 0 bridgehead atoms. The zero-order valence-corrected chi connectivity index (χ0v) is 20.9. The zero-order chi connectivity index (χ0) is 24.8. The zero-order valence-electron chi connectivity index (χ0n) is 20.9. The fraction of sp³-hybridized carbons (Fsp3) is 0.536. The predicted octanol–water partition coefficient (Wildman–Crippen LogP) is 2.87. The maximum atomic E-state index is 11.6. The van der Waals surface area contributed by atoms with Crippen molar-refractivity contribution < 1.29 is 15.0 Å². The Balaban J connectivity index is 1.45. The molecule has 1 unspecified atom stereocenters. The minimum Gasteiger partial charge on any atom is -0.389 e. The molecule has 1 atom stereocenters. The van der Waals surface area contributed by atoms with Crippen LogP contribution in [0.3, 0.4) is 0 Å². The highest BCUT2D eigenvalue weighted by Gasteiger charge is 2.56. The first-order valence-corrected chi connectivity index (χ1v) is 12.7. The molecule has 0 radical (unpaired) electrons. The molecule has 3 fully saturated rings. The van der Waals surface area contributed by atoms with Gasteiger partial charge in [0.15, 0.2) is 6.35 Å². The molecular formula is C28H38N4O3. The van der Waals surface area contributed by atoms with E-state index in [0.717, 1.165) is 50.6 Å². The van der Waals surface area contributed by atoms with Crippen LogP contribution in [0, 0.1) is 0 Å². The van der Waals surface area contributed by atoms with Gasteiger partial charge < -0.3 is 20.8 Å². The average molecular weight is 479 g/mol. The number of aliphatic hydroxyl groups excluding tert-OH is 1. The van der Waals surface area contributed by atoms with Crippen molar-refractivity contribution in [2.24, 2.45) is 5.73 Å². The van der Waals surface area contributed by atoms with E-state index in [0.29, 0.717) is 18.7 Å². The first kappa shape index (κ1) is 24.3. The molecule has 3 aliphatic rings. The van der Waals surface area contributed by atoms with Crippen molar-refractivity contribution in [1.29, 1.82) is 0 Å². The van der Waals surface area contributed by atoms with Crippen LogP contribution in [0.15, 0.2) is 54.6 Å². The average Bonchev–Trinajstić information content (AvgIpc) is 3.10. The summed E-state index contributed by atoms with van der Waals surface area (Å²) in [4.78, 5) is 18.1. The lowest BCUT2D eigenvalue weighted by molar-refractivity contribution is -0.124. The van der Waals surface area contributed by atoms with Crippen molar-refractivity contribution in [3.05, 3.63) is 65.7 Å². The Kier molecular flexibility index (Phi) is 6.16. The number of carbonyl (C=O) groups excluding carboxylic acids is 1. The molecule has 5 rings (SSSR count). The second-order valence-electron chi connectivity index (χ2n) is 11.1. The molecule has 2 aromatic rings. The summed E-state index contributed by atoms with van der Waals surface area (Å²) in [6, 6.07) is 17.9. The van der Waals surface area contributed by atoms with E-state index in [1.807, 2.05) is 17.0 Å². The minimum absolute atomic E-state index is 0.0486. The molecular weight excluding hydrogens is 440 g/mol. The monoisotopic (exact) mass is 478 g/mol. The molecule has 1 aliphatic heterocycles. The van der Waals surface area contributed by atoms with Crippen LogP contribution in [0.4, 0.5) is 5.69 Å². The SMILES string of the molecule is CN(C)[C@]1(c2ccccc2)CC[C@]2(CC1)CN(c1ccc(C(N)=O)cc1)C(O)N2CC1(O)CCC1. The Morgan fingerprint density at radius 2 is 1.63 bits per heavy atom. The van der Waals surface area contributed by atoms with E-state index in [-0.39, 0.29) is 11.1 Å². The molecule has 4 N–H and O–H groups in total. The molecule has 188 valence electrons. The molecule has 2 saturated carbocycles. The fourth-order valence-electron chi connectivity index (χ4n) is 6.57. The van der Waals surface area contributed by atoms with E-state index in [9.17, 15) is 15.0 Å². The van der Waals surface area contributed by atoms with Crippen LogP contribution >= 0.6 is 0 Å². The smallest absolute Gasteiger partial charge is 0.248 e. The fourth-order valence-corrected chi connectivity index (χ4v) is 6.57. The van der Waals surface area contributed by atoms with Crippen LogP contribution in [0.25, 0.3) is 0 Å². The van der Waals surface area contributed by atoms with Gasteiger partial charge in [0.2, 0.25) is 5.91 Å². The summed E-state index contributed by atoms with van der Waals surface area (Å²) < 4.78 is 0. The van der Waals surface area contributed by atoms with Gasteiger partial charge in [0, 0.05) is 35.4 Å². The Morgan fingerprint density at radius 3 is 2.14 bits per heavy atom. The number of aliphatic hydroxyl groups is 2. The maximum absolute atomic E-state index is 11.6. The number of β-amino-alcohol motifs (C(OH)–C–C–N with tert-alkyl or cyclic N) is 1. The van der Waals surface area contributed by atoms with Gasteiger partial charge in [-0.2, -0.15) is 0 Å². The molecule has 1 heterocycles. The van der Waals surface area contributed by atoms with Gasteiger partial charge in [-0.25, -0.2) is 0 Å². The van der Waals surface area contributed by atoms with Gasteiger partial charge in [-0.15, -0.1) is 0 Å². The van der Waals surface area contributed by atoms with E-state index in [4.69, 9.17) is 5.73 Å². The minimum atomic E-state index is -0.831. The number of hydrogen-bond donors (Lipinski definition) is 3. The van der Waals surface area contributed by atoms with Crippen molar-refractivity contribution >= 4 is 11.6 Å². The summed E-state index contributed by atoms with van der Waals surface area (Å²) in [7, 11) is 4.33. The van der Waals surface area contributed by atoms with Crippen molar-refractivity contribution in [3.63, 3.8) is 0 Å². The number of benzene rings is 2. The number of hydrogen-bond acceptors (Lipinski definition) is 6. The Hall–Kier alpha value is -2.45. The molecule has 1 spiro atoms. The summed E-state index contributed by atoms with van der Waals surface area (Å²) in [5, 5.41) is 22.7. The highest BCUT2D eigenvalue weighted by Crippen LogP contribution is 2.51. The van der Waals surface area contributed by atoms with Gasteiger partial charge in [0.25, 0.3) is 0 Å². The third-order valence-electron chi connectivity index (χ3n) is 9.04. The molecule has 35 heavy (non-hydrogen) atoms. The number of anilines is 1. The first-order chi connectivity index (χ1) is 16.7. The van der Waals surface area contributed by atoms with Crippen LogP contribution in [0.2, 0.25) is 0 Å². The number of nitrogens with zero attached hydrogens (tertiary/aromatic N) is 3. The molecule has 7 nitrogen and oxygen atoms in total. The maximum Gasteiger partial charge on any atom is 0.248 e. The normalized spacial score (nSPS) is 30.5. The van der Waals surface area contributed by atoms with Crippen molar-refractivity contribution in [3.8, 4) is 0 Å². The molecule has 1 amide bonds. The Morgan fingerprint density at radius 1 is 1.00 bits per heavy atom. The first-order valence-electron chi connectivity index (χ1n) is 12.7. The van der Waals surface area contributed by atoms with Gasteiger partial charge in [0.1, 0.15) is 0 Å². The van der Waals surface area contributed by atoms with Crippen LogP contribution in [0.5, 0.6) is 0 Å². The Labute approximate surface area is 208 Å². The predicted molar refractivity (Wildman–Crippen MR) is 137 cm³/mol. The third-order valence-corrected chi connectivity index (χ3v) is 9.04. The second kappa shape index (κ2) is 8.89. The number of rotatable bonds is 6. The van der Waals surface area contributed by atoms with Crippen LogP contribution in [-0.2, 0) is 5.54 Å². The Bertz CT molecular complexity index is 1040. The van der Waals surface area contributed by atoms with Crippen molar-refractivity contribution in [2.75, 3.05) is 32.1 Å². The molecule has 2 aromatic carbocycles. The summed E-state index contributed by atoms with van der Waals surface area (Å²) >= 11 is 0. The molecule has 1 saturated heterocycles. The van der Waals surface area contributed by atoms with Gasteiger partial charge in [-0.05, 0) is 88.9 Å². The van der Waals surface area contributed by atoms with E-state index >= 15 is 0 Å². The van der Waals surface area contributed by atoms with Gasteiger partial charge in [0.05, 0.1) is 5.60 Å². The van der Waals surface area contributed by atoms with E-state index in [1.165, 1.54) is 5.56 Å². The van der Waals surface area contributed by atoms with Crippen LogP contribution < -0.4 is 10.6 Å². The second-order valence-corrected chi connectivity index (χ2v) is 11.1. The van der Waals surface area contributed by atoms with Crippen molar-refractivity contribution in [2.45, 2.75) is 68.0 Å². The standard InChI is InChI=1S/C28H38N4O3/c1-30(2)28(22-7-4-3-5-8-22)17-15-26(16-18-28)19-31(23-11-9-21(10-12-23)24(29)33)25(34)32(26)20-27(35)13-6-14-27/h3-5,7-12,25,34-35H,6,13-20H2,1-2H3,(H2,29,33)/t25?,26-,28+. The van der Waals surface area contributed by atoms with E-state index in [1.54, 1.807) is 12.1 Å². The molecule has 0 aromatic heterocycles. The summed E-state index contributed by atoms with van der Waals surface area (Å²) in [5.74, 6) is -0.461. The largest absolute Gasteiger partial charge is 0.389 e. The quantitative estimate of drug-likeness (QED) is 0.591. The number of primary amides is 1. The molecule has 7 heteroatoms. The number of amides is 1. The number of nitrogens with two attached hydrogens (primary N) is 1. The van der Waals surface area contributed by atoms with Gasteiger partial charge >= 0.3 is 0 Å². The summed E-state index contributed by atoms with van der Waals surface area (Å²) in [5.41, 5.74) is 7.06. The van der Waals surface area contributed by atoms with Crippen molar-refractivity contribution in [1.82, 2.24) is 9.80 Å². The van der Waals surface area contributed by atoms with E-state index < -0.39 is 17.9 Å². The highest BCUT2D eigenvalue weighted by molar-refractivity contribution is 5.93. The lowest BCUT2D eigenvalue weighted by Gasteiger charge is -2.53. The lowest BCUT2D eigenvalue weighted by Crippen LogP contribution is -2.60. The topological polar surface area (TPSA) is 93.3 Å². The third kappa shape index (κ3) is 4.14. The molecule has 2 aliphatic carbocycles. The summed E-state index contributed by atoms with van der Waals surface area (Å²) in [6.07, 6.45) is 5.55. The van der Waals surface area contributed by atoms with E-state index in [2.05, 4.69) is 54.2 Å². The highest BCUT2D eigenvalue weighted by atomic mass is 16.3. The van der Waals surface area contributed by atoms with Gasteiger partial charge in [-0.1, -0.05) is 30.3 Å². The lowest BCUT2D eigenvalue weighted by atomic mass is 9.67.